The summed E-state index contributed by atoms with van der Waals surface area (Å²) >= 11 is 0. The third-order valence-corrected chi connectivity index (χ3v) is 5.21. The van der Waals surface area contributed by atoms with Crippen LogP contribution < -0.4 is 10.0 Å². The van der Waals surface area contributed by atoms with Crippen LogP contribution in [0.3, 0.4) is 0 Å². The number of hydrogen-bond acceptors (Lipinski definition) is 4. The van der Waals surface area contributed by atoms with E-state index in [2.05, 4.69) is 15.0 Å². The van der Waals surface area contributed by atoms with Gasteiger partial charge in [-0.05, 0) is 43.0 Å². The van der Waals surface area contributed by atoms with Crippen molar-refractivity contribution in [1.82, 2.24) is 9.71 Å². The van der Waals surface area contributed by atoms with Gasteiger partial charge in [-0.2, -0.15) is 0 Å². The van der Waals surface area contributed by atoms with Gasteiger partial charge in [0.05, 0.1) is 16.1 Å². The molecule has 1 heterocycles. The molecule has 2 N–H and O–H groups in total. The number of fused-ring (bicyclic) bond motifs is 1. The Labute approximate surface area is 151 Å². The number of amides is 1. The van der Waals surface area contributed by atoms with E-state index in [1.54, 1.807) is 30.5 Å². The molecule has 1 aromatic heterocycles. The summed E-state index contributed by atoms with van der Waals surface area (Å²) in [5, 5.41) is 3.75. The molecule has 132 valence electrons. The van der Waals surface area contributed by atoms with Crippen LogP contribution in [0.15, 0.2) is 71.8 Å². The number of nitrogens with one attached hydrogen (secondary N) is 2. The van der Waals surface area contributed by atoms with E-state index in [1.165, 1.54) is 25.3 Å². The lowest BCUT2D eigenvalue weighted by Gasteiger charge is -2.06. The van der Waals surface area contributed by atoms with Gasteiger partial charge < -0.3 is 5.32 Å². The highest BCUT2D eigenvalue weighted by Crippen LogP contribution is 2.20. The maximum absolute atomic E-state index is 12.2. The second-order valence-electron chi connectivity index (χ2n) is 5.48. The van der Waals surface area contributed by atoms with E-state index < -0.39 is 10.0 Å². The Morgan fingerprint density at radius 3 is 2.50 bits per heavy atom. The zero-order valence-corrected chi connectivity index (χ0v) is 14.8. The van der Waals surface area contributed by atoms with Crippen LogP contribution in [0.4, 0.5) is 5.69 Å². The van der Waals surface area contributed by atoms with Gasteiger partial charge in [-0.15, -0.1) is 0 Å². The second-order valence-corrected chi connectivity index (χ2v) is 7.37. The van der Waals surface area contributed by atoms with E-state index in [0.29, 0.717) is 11.3 Å². The minimum atomic E-state index is -3.47. The summed E-state index contributed by atoms with van der Waals surface area (Å²) in [4.78, 5) is 16.6. The normalized spacial score (nSPS) is 11.7. The molecule has 0 aliphatic carbocycles. The largest absolute Gasteiger partial charge is 0.321 e. The lowest BCUT2D eigenvalue weighted by atomic mass is 10.2. The first-order valence-electron chi connectivity index (χ1n) is 7.86. The number of hydrogen-bond donors (Lipinski definition) is 2. The quantitative estimate of drug-likeness (QED) is 0.679. The number of carbonyl (C=O) groups excluding carboxylic acids is 1. The maximum Gasteiger partial charge on any atom is 0.248 e. The van der Waals surface area contributed by atoms with Crippen molar-refractivity contribution in [3.8, 4) is 0 Å². The Morgan fingerprint density at radius 2 is 1.77 bits per heavy atom. The van der Waals surface area contributed by atoms with E-state index in [4.69, 9.17) is 0 Å². The van der Waals surface area contributed by atoms with Crippen molar-refractivity contribution in [3.63, 3.8) is 0 Å². The fourth-order valence-corrected chi connectivity index (χ4v) is 3.16. The molecule has 0 aliphatic rings. The van der Waals surface area contributed by atoms with Gasteiger partial charge in [-0.1, -0.05) is 30.3 Å². The number of aromatic nitrogens is 1. The zero-order valence-electron chi connectivity index (χ0n) is 14.0. The van der Waals surface area contributed by atoms with Crippen molar-refractivity contribution < 1.29 is 13.2 Å². The van der Waals surface area contributed by atoms with Crippen LogP contribution in [0.1, 0.15) is 5.56 Å². The van der Waals surface area contributed by atoms with Crippen molar-refractivity contribution in [3.05, 3.63) is 72.4 Å². The maximum atomic E-state index is 12.2. The van der Waals surface area contributed by atoms with E-state index >= 15 is 0 Å². The number of sulfonamides is 1. The van der Waals surface area contributed by atoms with Crippen molar-refractivity contribution >= 4 is 38.6 Å². The summed E-state index contributed by atoms with van der Waals surface area (Å²) in [7, 11) is -2.11. The number of benzene rings is 2. The van der Waals surface area contributed by atoms with E-state index in [9.17, 15) is 13.2 Å². The number of para-hydroxylation sites is 1. The third-order valence-electron chi connectivity index (χ3n) is 3.78. The van der Waals surface area contributed by atoms with Gasteiger partial charge in [0.15, 0.2) is 0 Å². The van der Waals surface area contributed by atoms with Gasteiger partial charge >= 0.3 is 0 Å². The standard InChI is InChI=1S/C19H17N3O3S/c1-20-26(24,25)16-10-7-14(8-11-16)9-12-18(23)22-17-6-2-4-15-5-3-13-21-19(15)17/h2-13,20H,1H3,(H,22,23)/b12-9+. The van der Waals surface area contributed by atoms with Crippen molar-refractivity contribution in [2.75, 3.05) is 12.4 Å². The molecule has 0 fully saturated rings. The Balaban J connectivity index is 1.73. The van der Waals surface area contributed by atoms with Crippen LogP contribution in [0.25, 0.3) is 17.0 Å². The summed E-state index contributed by atoms with van der Waals surface area (Å²) in [5.41, 5.74) is 2.07. The number of anilines is 1. The van der Waals surface area contributed by atoms with E-state index in [-0.39, 0.29) is 10.8 Å². The smallest absolute Gasteiger partial charge is 0.248 e. The predicted molar refractivity (Wildman–Crippen MR) is 102 cm³/mol. The van der Waals surface area contributed by atoms with Gasteiger partial charge in [-0.25, -0.2) is 13.1 Å². The molecule has 0 radical (unpaired) electrons. The Hall–Kier alpha value is -3.03. The van der Waals surface area contributed by atoms with Crippen LogP contribution in [0.5, 0.6) is 0 Å². The molecule has 1 amide bonds. The fourth-order valence-electron chi connectivity index (χ4n) is 2.43. The summed E-state index contributed by atoms with van der Waals surface area (Å²) < 4.78 is 25.6. The highest BCUT2D eigenvalue weighted by molar-refractivity contribution is 7.89. The van der Waals surface area contributed by atoms with Crippen molar-refractivity contribution in [2.24, 2.45) is 0 Å². The van der Waals surface area contributed by atoms with E-state index in [0.717, 1.165) is 10.9 Å². The van der Waals surface area contributed by atoms with Crippen LogP contribution in [-0.2, 0) is 14.8 Å². The fraction of sp³-hybridized carbons (Fsp3) is 0.0526. The highest BCUT2D eigenvalue weighted by Gasteiger charge is 2.10. The summed E-state index contributed by atoms with van der Waals surface area (Å²) in [6.45, 7) is 0. The molecular weight excluding hydrogens is 350 g/mol. The van der Waals surface area contributed by atoms with E-state index in [1.807, 2.05) is 24.3 Å². The third kappa shape index (κ3) is 3.96. The minimum absolute atomic E-state index is 0.170. The molecule has 0 spiro atoms. The molecule has 0 unspecified atom stereocenters. The molecule has 26 heavy (non-hydrogen) atoms. The lowest BCUT2D eigenvalue weighted by molar-refractivity contribution is -0.111. The molecule has 0 bridgehead atoms. The van der Waals surface area contributed by atoms with Crippen LogP contribution in [0.2, 0.25) is 0 Å². The zero-order chi connectivity index (χ0) is 18.6. The van der Waals surface area contributed by atoms with Crippen molar-refractivity contribution in [2.45, 2.75) is 4.90 Å². The Morgan fingerprint density at radius 1 is 1.04 bits per heavy atom. The molecule has 0 saturated heterocycles. The van der Waals surface area contributed by atoms with Gasteiger partial charge in [0, 0.05) is 17.7 Å². The predicted octanol–water partition coefficient (Wildman–Crippen LogP) is 2.79. The first kappa shape index (κ1) is 17.8. The number of rotatable bonds is 5. The van der Waals surface area contributed by atoms with Gasteiger partial charge in [0.1, 0.15) is 0 Å². The summed E-state index contributed by atoms with van der Waals surface area (Å²) in [5.74, 6) is -0.296. The average Bonchev–Trinajstić information content (AvgIpc) is 2.67. The number of carbonyl (C=O) groups is 1. The average molecular weight is 367 g/mol. The van der Waals surface area contributed by atoms with Crippen molar-refractivity contribution in [1.29, 1.82) is 0 Å². The Bertz CT molecular complexity index is 1070. The Kier molecular flexibility index (Phi) is 5.11. The lowest BCUT2D eigenvalue weighted by Crippen LogP contribution is -2.18. The molecule has 3 aromatic rings. The monoisotopic (exact) mass is 367 g/mol. The molecule has 0 saturated carbocycles. The molecule has 0 aliphatic heterocycles. The molecule has 2 aromatic carbocycles. The summed E-state index contributed by atoms with van der Waals surface area (Å²) in [6.07, 6.45) is 4.68. The van der Waals surface area contributed by atoms with Crippen LogP contribution in [-0.4, -0.2) is 26.4 Å². The van der Waals surface area contributed by atoms with Gasteiger partial charge in [-0.3, -0.25) is 9.78 Å². The molecule has 0 atom stereocenters. The number of nitrogens with zero attached hydrogens (tertiary/aromatic N) is 1. The van der Waals surface area contributed by atoms with Gasteiger partial charge in [0.25, 0.3) is 0 Å². The minimum Gasteiger partial charge on any atom is -0.321 e. The topological polar surface area (TPSA) is 88.2 Å². The molecule has 7 heteroatoms. The summed E-state index contributed by atoms with van der Waals surface area (Å²) in [6, 6.07) is 15.6. The number of pyridine rings is 1. The molecular formula is C19H17N3O3S. The molecule has 3 rings (SSSR count). The SMILES string of the molecule is CNS(=O)(=O)c1ccc(/C=C/C(=O)Nc2cccc3cccnc23)cc1. The first-order valence-corrected chi connectivity index (χ1v) is 9.34. The van der Waals surface area contributed by atoms with Gasteiger partial charge in [0.2, 0.25) is 15.9 Å². The second kappa shape index (κ2) is 7.47. The van der Waals surface area contributed by atoms with Crippen LogP contribution in [0, 0.1) is 0 Å². The molecule has 6 nitrogen and oxygen atoms in total. The highest BCUT2D eigenvalue weighted by atomic mass is 32.2. The first-order chi connectivity index (χ1) is 12.5. The van der Waals surface area contributed by atoms with Crippen LogP contribution >= 0.6 is 0 Å².